The van der Waals surface area contributed by atoms with E-state index in [1.807, 2.05) is 12.3 Å². The van der Waals surface area contributed by atoms with Gasteiger partial charge in [-0.05, 0) is 72.2 Å². The van der Waals surface area contributed by atoms with E-state index in [0.29, 0.717) is 23.6 Å². The highest BCUT2D eigenvalue weighted by molar-refractivity contribution is 5.89. The maximum absolute atomic E-state index is 11.8. The summed E-state index contributed by atoms with van der Waals surface area (Å²) in [6.45, 7) is 1.08. The van der Waals surface area contributed by atoms with Crippen LogP contribution in [0.25, 0.3) is 10.9 Å². The highest BCUT2D eigenvalue weighted by atomic mass is 16.4. The van der Waals surface area contributed by atoms with Crippen LogP contribution >= 0.6 is 0 Å². The summed E-state index contributed by atoms with van der Waals surface area (Å²) in [5, 5.41) is 10.9. The van der Waals surface area contributed by atoms with Crippen LogP contribution in [0.2, 0.25) is 0 Å². The van der Waals surface area contributed by atoms with Crippen molar-refractivity contribution in [1.29, 1.82) is 0 Å². The molecule has 0 saturated heterocycles. The Morgan fingerprint density at radius 1 is 1.07 bits per heavy atom. The van der Waals surface area contributed by atoms with Crippen LogP contribution in [0.4, 0.5) is 0 Å². The topological polar surface area (TPSA) is 55.1 Å². The van der Waals surface area contributed by atoms with Gasteiger partial charge in [-0.1, -0.05) is 31.4 Å². The fraction of sp³-hybridized carbons (Fsp3) is 0.440. The molecule has 4 nitrogen and oxygen atoms in total. The van der Waals surface area contributed by atoms with Crippen molar-refractivity contribution in [2.75, 3.05) is 0 Å². The van der Waals surface area contributed by atoms with E-state index in [0.717, 1.165) is 36.4 Å². The van der Waals surface area contributed by atoms with Crippen LogP contribution < -0.4 is 0 Å². The quantitative estimate of drug-likeness (QED) is 0.582. The summed E-state index contributed by atoms with van der Waals surface area (Å²) in [5.74, 6) is 0.407. The lowest BCUT2D eigenvalue weighted by Gasteiger charge is -2.22. The first kappa shape index (κ1) is 18.4. The minimum atomic E-state index is -0.878. The normalized spacial score (nSPS) is 17.7. The summed E-state index contributed by atoms with van der Waals surface area (Å²) in [6.07, 6.45) is 13.7. The van der Waals surface area contributed by atoms with Gasteiger partial charge in [0.2, 0.25) is 0 Å². The number of fused-ring (bicyclic) bond motifs is 1. The predicted octanol–water partition coefficient (Wildman–Crippen LogP) is 5.78. The molecule has 2 aromatic heterocycles. The molecule has 0 aliphatic heterocycles. The number of carboxylic acid groups (broad SMARTS) is 1. The van der Waals surface area contributed by atoms with Crippen molar-refractivity contribution >= 4 is 16.9 Å². The van der Waals surface area contributed by atoms with Crippen molar-refractivity contribution < 1.29 is 9.90 Å². The molecule has 0 spiro atoms. The Bertz CT molecular complexity index is 1040. The minimum absolute atomic E-state index is 0.354. The maximum Gasteiger partial charge on any atom is 0.337 e. The van der Waals surface area contributed by atoms with Gasteiger partial charge in [-0.15, -0.1) is 0 Å². The second-order valence-electron chi connectivity index (χ2n) is 8.88. The van der Waals surface area contributed by atoms with Gasteiger partial charge in [-0.2, -0.15) is 0 Å². The molecule has 150 valence electrons. The van der Waals surface area contributed by atoms with Crippen molar-refractivity contribution in [1.82, 2.24) is 9.55 Å². The number of aromatic nitrogens is 2. The number of nitrogens with zero attached hydrogens (tertiary/aromatic N) is 2. The minimum Gasteiger partial charge on any atom is -0.478 e. The van der Waals surface area contributed by atoms with Crippen LogP contribution in [0.15, 0.2) is 42.7 Å². The van der Waals surface area contributed by atoms with Gasteiger partial charge in [0, 0.05) is 30.9 Å². The summed E-state index contributed by atoms with van der Waals surface area (Å²) >= 11 is 0. The molecule has 1 N–H and O–H groups in total. The van der Waals surface area contributed by atoms with Gasteiger partial charge in [0.25, 0.3) is 0 Å². The Hall–Kier alpha value is -2.62. The highest BCUT2D eigenvalue weighted by Gasteiger charge is 2.26. The van der Waals surface area contributed by atoms with Crippen molar-refractivity contribution in [2.24, 2.45) is 5.92 Å². The predicted molar refractivity (Wildman–Crippen MR) is 114 cm³/mol. The van der Waals surface area contributed by atoms with E-state index in [-0.39, 0.29) is 0 Å². The summed E-state index contributed by atoms with van der Waals surface area (Å²) in [6, 6.07) is 10.5. The number of hydrogen-bond acceptors (Lipinski definition) is 2. The first-order chi connectivity index (χ1) is 14.2. The van der Waals surface area contributed by atoms with E-state index in [9.17, 15) is 9.90 Å². The molecular weight excluding hydrogens is 360 g/mol. The van der Waals surface area contributed by atoms with Gasteiger partial charge in [0.1, 0.15) is 0 Å². The Morgan fingerprint density at radius 3 is 2.66 bits per heavy atom. The van der Waals surface area contributed by atoms with Gasteiger partial charge >= 0.3 is 5.97 Å². The zero-order valence-corrected chi connectivity index (χ0v) is 16.8. The van der Waals surface area contributed by atoms with E-state index in [4.69, 9.17) is 0 Å². The summed E-state index contributed by atoms with van der Waals surface area (Å²) in [4.78, 5) is 16.4. The lowest BCUT2D eigenvalue weighted by atomic mass is 9.89. The number of rotatable bonds is 6. The second kappa shape index (κ2) is 7.66. The molecule has 0 atom stereocenters. The Kier molecular flexibility index (Phi) is 4.86. The molecule has 0 unspecified atom stereocenters. The average molecular weight is 389 g/mol. The zero-order chi connectivity index (χ0) is 19.8. The highest BCUT2D eigenvalue weighted by Crippen LogP contribution is 2.40. The largest absolute Gasteiger partial charge is 0.478 e. The molecule has 2 heterocycles. The third-order valence-electron chi connectivity index (χ3n) is 6.66. The monoisotopic (exact) mass is 388 g/mol. The number of hydrogen-bond donors (Lipinski definition) is 1. The molecule has 1 aromatic carbocycles. The third kappa shape index (κ3) is 3.93. The Labute approximate surface area is 171 Å². The van der Waals surface area contributed by atoms with Crippen molar-refractivity contribution in [2.45, 2.75) is 63.8 Å². The van der Waals surface area contributed by atoms with Gasteiger partial charge in [-0.3, -0.25) is 4.98 Å². The number of pyridine rings is 1. The second-order valence-corrected chi connectivity index (χ2v) is 8.88. The number of aromatic carboxylic acids is 1. The van der Waals surface area contributed by atoms with Gasteiger partial charge in [0.15, 0.2) is 0 Å². The van der Waals surface area contributed by atoms with Crippen molar-refractivity contribution in [3.05, 3.63) is 65.1 Å². The molecule has 2 aliphatic carbocycles. The van der Waals surface area contributed by atoms with Crippen molar-refractivity contribution in [3.63, 3.8) is 0 Å². The number of benzene rings is 1. The fourth-order valence-electron chi connectivity index (χ4n) is 4.82. The van der Waals surface area contributed by atoms with Crippen LogP contribution in [0.3, 0.4) is 0 Å². The molecule has 2 saturated carbocycles. The third-order valence-corrected chi connectivity index (χ3v) is 6.66. The van der Waals surface area contributed by atoms with Crippen LogP contribution in [-0.2, 0) is 13.0 Å². The van der Waals surface area contributed by atoms with Gasteiger partial charge in [-0.25, -0.2) is 4.79 Å². The molecule has 3 aromatic rings. The molecule has 4 heteroatoms. The summed E-state index contributed by atoms with van der Waals surface area (Å²) in [7, 11) is 0. The first-order valence-corrected chi connectivity index (χ1v) is 11.0. The van der Waals surface area contributed by atoms with E-state index in [1.165, 1.54) is 43.0 Å². The number of carboxylic acids is 1. The lowest BCUT2D eigenvalue weighted by molar-refractivity contribution is 0.0695. The van der Waals surface area contributed by atoms with Crippen LogP contribution in [0.5, 0.6) is 0 Å². The smallest absolute Gasteiger partial charge is 0.337 e. The van der Waals surface area contributed by atoms with Gasteiger partial charge < -0.3 is 9.67 Å². The van der Waals surface area contributed by atoms with E-state index in [1.54, 1.807) is 0 Å². The molecule has 2 fully saturated rings. The zero-order valence-electron chi connectivity index (χ0n) is 16.8. The Balaban J connectivity index is 1.42. The molecule has 2 aliphatic rings. The van der Waals surface area contributed by atoms with Crippen LogP contribution in [-0.4, -0.2) is 20.6 Å². The van der Waals surface area contributed by atoms with E-state index in [2.05, 4.69) is 40.0 Å². The summed E-state index contributed by atoms with van der Waals surface area (Å²) < 4.78 is 2.39. The first-order valence-electron chi connectivity index (χ1n) is 11.0. The number of carbonyl (C=O) groups is 1. The Morgan fingerprint density at radius 2 is 1.90 bits per heavy atom. The fourth-order valence-corrected chi connectivity index (χ4v) is 4.82. The van der Waals surface area contributed by atoms with E-state index >= 15 is 0 Å². The van der Waals surface area contributed by atoms with Gasteiger partial charge in [0.05, 0.1) is 11.3 Å². The van der Waals surface area contributed by atoms with Crippen LogP contribution in [0, 0.1) is 5.92 Å². The SMILES string of the molecule is O=C(O)c1cc(C2CC2)cnc1Cc1ccc2ccn(CC3CCCCC3)c2c1. The molecule has 0 bridgehead atoms. The molecular formula is C25H28N2O2. The van der Waals surface area contributed by atoms with E-state index < -0.39 is 5.97 Å². The van der Waals surface area contributed by atoms with Crippen LogP contribution in [0.1, 0.15) is 78.0 Å². The molecule has 0 amide bonds. The maximum atomic E-state index is 11.8. The average Bonchev–Trinajstić information content (AvgIpc) is 3.51. The lowest BCUT2D eigenvalue weighted by Crippen LogP contribution is -2.13. The standard InChI is InChI=1S/C25H28N2O2/c28-25(29)22-14-21(19-8-9-19)15-26-23(22)12-18-6-7-20-10-11-27(24(20)13-18)16-17-4-2-1-3-5-17/h6-7,10-11,13-15,17,19H,1-5,8-9,12,16H2,(H,28,29). The summed E-state index contributed by atoms with van der Waals surface area (Å²) in [5.41, 5.74) is 4.46. The van der Waals surface area contributed by atoms with Crippen molar-refractivity contribution in [3.8, 4) is 0 Å². The molecule has 0 radical (unpaired) electrons. The molecule has 29 heavy (non-hydrogen) atoms. The molecule has 5 rings (SSSR count).